The molecule has 0 saturated carbocycles. The summed E-state index contributed by atoms with van der Waals surface area (Å²) >= 11 is 0. The smallest absolute Gasteiger partial charge is 0.255 e. The van der Waals surface area contributed by atoms with Gasteiger partial charge in [0.1, 0.15) is 12.4 Å². The van der Waals surface area contributed by atoms with Crippen LogP contribution in [0.1, 0.15) is 29.6 Å². The lowest BCUT2D eigenvalue weighted by Gasteiger charge is -2.22. The molecule has 0 spiro atoms. The SMILES string of the molecule is O=C(c1ccc2nncn2c1)N1CC[C@H](Oc2cccnc2N2CCCC2)C1. The molecule has 2 saturated heterocycles. The van der Waals surface area contributed by atoms with Crippen molar-refractivity contribution in [2.45, 2.75) is 25.4 Å². The molecule has 2 aliphatic rings. The lowest BCUT2D eigenvalue weighted by Crippen LogP contribution is -2.31. The minimum absolute atomic E-state index is 0.00709. The van der Waals surface area contributed by atoms with Gasteiger partial charge in [-0.25, -0.2) is 4.98 Å². The van der Waals surface area contributed by atoms with Gasteiger partial charge >= 0.3 is 0 Å². The fourth-order valence-corrected chi connectivity index (χ4v) is 3.97. The van der Waals surface area contributed by atoms with E-state index < -0.39 is 0 Å². The van der Waals surface area contributed by atoms with Crippen molar-refractivity contribution in [1.82, 2.24) is 24.5 Å². The number of hydrogen-bond acceptors (Lipinski definition) is 6. The van der Waals surface area contributed by atoms with Gasteiger partial charge in [0.2, 0.25) is 0 Å². The van der Waals surface area contributed by atoms with E-state index >= 15 is 0 Å². The molecule has 5 heterocycles. The first kappa shape index (κ1) is 17.0. The van der Waals surface area contributed by atoms with Gasteiger partial charge in [-0.15, -0.1) is 10.2 Å². The second kappa shape index (κ2) is 7.10. The third kappa shape index (κ3) is 3.15. The number of amides is 1. The quantitative estimate of drug-likeness (QED) is 0.691. The first-order chi connectivity index (χ1) is 13.8. The van der Waals surface area contributed by atoms with Crippen molar-refractivity contribution in [3.63, 3.8) is 0 Å². The van der Waals surface area contributed by atoms with Crippen LogP contribution in [0, 0.1) is 0 Å². The molecular formula is C20H22N6O2. The largest absolute Gasteiger partial charge is 0.485 e. The Morgan fingerprint density at radius 1 is 1.14 bits per heavy atom. The average molecular weight is 378 g/mol. The molecule has 3 aromatic heterocycles. The fraction of sp³-hybridized carbons (Fsp3) is 0.400. The monoisotopic (exact) mass is 378 g/mol. The van der Waals surface area contributed by atoms with Crippen LogP contribution in [0.3, 0.4) is 0 Å². The summed E-state index contributed by atoms with van der Waals surface area (Å²) in [6.45, 7) is 3.30. The van der Waals surface area contributed by atoms with E-state index in [1.807, 2.05) is 29.3 Å². The standard InChI is InChI=1S/C20H22N6O2/c27-20(15-5-6-18-23-22-14-26(18)12-15)25-11-7-16(13-25)28-17-4-3-8-21-19(17)24-9-1-2-10-24/h3-6,8,12,14,16H,1-2,7,9-11,13H2/t16-/m0/s1. The van der Waals surface area contributed by atoms with E-state index in [2.05, 4.69) is 20.1 Å². The molecule has 8 heteroatoms. The zero-order valence-electron chi connectivity index (χ0n) is 15.6. The maximum atomic E-state index is 12.9. The molecule has 144 valence electrons. The maximum Gasteiger partial charge on any atom is 0.255 e. The van der Waals surface area contributed by atoms with E-state index in [1.165, 1.54) is 12.8 Å². The van der Waals surface area contributed by atoms with Crippen LogP contribution in [0.5, 0.6) is 5.75 Å². The van der Waals surface area contributed by atoms with Gasteiger partial charge in [0, 0.05) is 38.4 Å². The predicted octanol–water partition coefficient (Wildman–Crippen LogP) is 2.02. The van der Waals surface area contributed by atoms with E-state index in [1.54, 1.807) is 23.0 Å². The predicted molar refractivity (Wildman–Crippen MR) is 104 cm³/mol. The van der Waals surface area contributed by atoms with E-state index in [0.717, 1.165) is 36.7 Å². The first-order valence-electron chi connectivity index (χ1n) is 9.73. The lowest BCUT2D eigenvalue weighted by molar-refractivity contribution is 0.0772. The maximum absolute atomic E-state index is 12.9. The summed E-state index contributed by atoms with van der Waals surface area (Å²) < 4.78 is 8.03. The third-order valence-corrected chi connectivity index (χ3v) is 5.42. The van der Waals surface area contributed by atoms with E-state index in [-0.39, 0.29) is 12.0 Å². The minimum Gasteiger partial charge on any atom is -0.485 e. The number of rotatable bonds is 4. The van der Waals surface area contributed by atoms with Crippen molar-refractivity contribution in [1.29, 1.82) is 0 Å². The average Bonchev–Trinajstić information content (AvgIpc) is 3.48. The molecule has 8 nitrogen and oxygen atoms in total. The molecule has 0 aromatic carbocycles. The highest BCUT2D eigenvalue weighted by Gasteiger charge is 2.30. The van der Waals surface area contributed by atoms with Crippen LogP contribution in [0.4, 0.5) is 5.82 Å². The molecule has 0 N–H and O–H groups in total. The normalized spacial score (nSPS) is 19.5. The van der Waals surface area contributed by atoms with Crippen LogP contribution in [0.2, 0.25) is 0 Å². The number of ether oxygens (including phenoxy) is 1. The number of anilines is 1. The molecule has 0 aliphatic carbocycles. The molecule has 0 unspecified atom stereocenters. The summed E-state index contributed by atoms with van der Waals surface area (Å²) in [6, 6.07) is 7.49. The van der Waals surface area contributed by atoms with E-state index in [4.69, 9.17) is 4.74 Å². The van der Waals surface area contributed by atoms with Crippen molar-refractivity contribution >= 4 is 17.4 Å². The Bertz CT molecular complexity index is 997. The van der Waals surface area contributed by atoms with Crippen LogP contribution in [0.15, 0.2) is 43.0 Å². The Morgan fingerprint density at radius 3 is 2.93 bits per heavy atom. The van der Waals surface area contributed by atoms with Crippen LogP contribution in [-0.2, 0) is 0 Å². The van der Waals surface area contributed by atoms with Gasteiger partial charge in [-0.3, -0.25) is 9.20 Å². The Labute approximate surface area is 162 Å². The van der Waals surface area contributed by atoms with E-state index in [9.17, 15) is 4.79 Å². The molecule has 1 amide bonds. The number of aromatic nitrogens is 4. The zero-order valence-corrected chi connectivity index (χ0v) is 15.6. The van der Waals surface area contributed by atoms with Crippen molar-refractivity contribution in [2.24, 2.45) is 0 Å². The number of likely N-dealkylation sites (tertiary alicyclic amines) is 1. The van der Waals surface area contributed by atoms with E-state index in [0.29, 0.717) is 18.7 Å². The number of carbonyl (C=O) groups excluding carboxylic acids is 1. The van der Waals surface area contributed by atoms with Gasteiger partial charge in [-0.05, 0) is 37.1 Å². The molecule has 5 rings (SSSR count). The number of fused-ring (bicyclic) bond motifs is 1. The second-order valence-corrected chi connectivity index (χ2v) is 7.31. The van der Waals surface area contributed by atoms with Gasteiger partial charge in [-0.2, -0.15) is 0 Å². The summed E-state index contributed by atoms with van der Waals surface area (Å²) in [5.41, 5.74) is 1.36. The molecule has 0 radical (unpaired) electrons. The van der Waals surface area contributed by atoms with Gasteiger partial charge < -0.3 is 14.5 Å². The Balaban J connectivity index is 1.28. The van der Waals surface area contributed by atoms with Crippen molar-refractivity contribution < 1.29 is 9.53 Å². The highest BCUT2D eigenvalue weighted by molar-refractivity contribution is 5.94. The molecule has 0 bridgehead atoms. The summed E-state index contributed by atoms with van der Waals surface area (Å²) in [5, 5.41) is 7.83. The first-order valence-corrected chi connectivity index (χ1v) is 9.73. The highest BCUT2D eigenvalue weighted by Crippen LogP contribution is 2.30. The van der Waals surface area contributed by atoms with Crippen LogP contribution in [0.25, 0.3) is 5.65 Å². The fourth-order valence-electron chi connectivity index (χ4n) is 3.97. The van der Waals surface area contributed by atoms with Gasteiger partial charge in [0.15, 0.2) is 17.2 Å². The number of carbonyl (C=O) groups is 1. The Hall–Kier alpha value is -3.16. The molecule has 3 aromatic rings. The molecular weight excluding hydrogens is 356 g/mol. The molecule has 1 atom stereocenters. The summed E-state index contributed by atoms with van der Waals surface area (Å²) in [4.78, 5) is 21.5. The zero-order chi connectivity index (χ0) is 18.9. The summed E-state index contributed by atoms with van der Waals surface area (Å²) in [6.07, 6.45) is 8.37. The van der Waals surface area contributed by atoms with Gasteiger partial charge in [0.05, 0.1) is 12.1 Å². The van der Waals surface area contributed by atoms with Crippen LogP contribution in [-0.4, -0.2) is 62.7 Å². The summed E-state index contributed by atoms with van der Waals surface area (Å²) in [5.74, 6) is 1.74. The van der Waals surface area contributed by atoms with Crippen LogP contribution < -0.4 is 9.64 Å². The van der Waals surface area contributed by atoms with Crippen molar-refractivity contribution in [3.8, 4) is 5.75 Å². The molecule has 2 aliphatic heterocycles. The number of nitrogens with zero attached hydrogens (tertiary/aromatic N) is 6. The topological polar surface area (TPSA) is 75.9 Å². The second-order valence-electron chi connectivity index (χ2n) is 7.31. The van der Waals surface area contributed by atoms with Gasteiger partial charge in [-0.1, -0.05) is 0 Å². The Kier molecular flexibility index (Phi) is 4.31. The number of pyridine rings is 2. The third-order valence-electron chi connectivity index (χ3n) is 5.42. The van der Waals surface area contributed by atoms with Gasteiger partial charge in [0.25, 0.3) is 5.91 Å². The number of hydrogen-bond donors (Lipinski definition) is 0. The van der Waals surface area contributed by atoms with Crippen LogP contribution >= 0.6 is 0 Å². The minimum atomic E-state index is -0.0202. The Morgan fingerprint density at radius 2 is 2.04 bits per heavy atom. The lowest BCUT2D eigenvalue weighted by atomic mass is 10.2. The van der Waals surface area contributed by atoms with Crippen molar-refractivity contribution in [2.75, 3.05) is 31.1 Å². The summed E-state index contributed by atoms with van der Waals surface area (Å²) in [7, 11) is 0. The molecule has 28 heavy (non-hydrogen) atoms. The van der Waals surface area contributed by atoms with Crippen molar-refractivity contribution in [3.05, 3.63) is 48.5 Å². The highest BCUT2D eigenvalue weighted by atomic mass is 16.5. The molecule has 2 fully saturated rings.